The van der Waals surface area contributed by atoms with E-state index in [0.29, 0.717) is 25.3 Å². The molecule has 156 valence electrons. The van der Waals surface area contributed by atoms with Crippen molar-refractivity contribution in [1.29, 1.82) is 5.41 Å². The van der Waals surface area contributed by atoms with Crippen LogP contribution in [-0.2, 0) is 13.1 Å². The van der Waals surface area contributed by atoms with Crippen LogP contribution in [-0.4, -0.2) is 15.7 Å². The summed E-state index contributed by atoms with van der Waals surface area (Å²) in [6, 6.07) is 22.3. The highest BCUT2D eigenvalue weighted by Gasteiger charge is 2.14. The monoisotopic (exact) mass is 549 g/mol. The van der Waals surface area contributed by atoms with Gasteiger partial charge in [0.2, 0.25) is 5.62 Å². The Morgan fingerprint density at radius 2 is 1.33 bits per heavy atom. The third-order valence-corrected chi connectivity index (χ3v) is 6.47. The lowest BCUT2D eigenvalue weighted by Crippen LogP contribution is -2.25. The van der Waals surface area contributed by atoms with Gasteiger partial charge in [-0.25, -0.2) is 0 Å². The molecule has 1 aromatic heterocycles. The van der Waals surface area contributed by atoms with Gasteiger partial charge in [-0.3, -0.25) is 5.41 Å². The Morgan fingerprint density at radius 3 is 1.87 bits per heavy atom. The number of imidazole rings is 1. The predicted molar refractivity (Wildman–Crippen MR) is 131 cm³/mol. The van der Waals surface area contributed by atoms with Crippen LogP contribution in [0.15, 0.2) is 75.7 Å². The number of hydrogen-bond acceptors (Lipinski definition) is 2. The summed E-state index contributed by atoms with van der Waals surface area (Å²) in [6.45, 7) is 3.82. The van der Waals surface area contributed by atoms with Crippen molar-refractivity contribution in [2.75, 3.05) is 6.61 Å². The molecule has 0 atom stereocenters. The maximum absolute atomic E-state index is 8.94. The lowest BCUT2D eigenvalue weighted by molar-refractivity contribution is 0.340. The van der Waals surface area contributed by atoms with Gasteiger partial charge in [0.1, 0.15) is 5.75 Å². The van der Waals surface area contributed by atoms with Gasteiger partial charge in [-0.05, 0) is 42.3 Å². The SMILES string of the molecule is CCOc1ccc2c(c1)n(Cc1ccccc1Br)c(=N)n2Cc1ccccc1Br.Cl. The van der Waals surface area contributed by atoms with E-state index in [0.717, 1.165) is 36.9 Å². The molecular formula is C23H22Br2ClN3O. The first-order chi connectivity index (χ1) is 14.1. The van der Waals surface area contributed by atoms with Crippen LogP contribution in [0.5, 0.6) is 5.75 Å². The number of benzene rings is 3. The second kappa shape index (κ2) is 9.86. The maximum atomic E-state index is 8.94. The van der Waals surface area contributed by atoms with E-state index >= 15 is 0 Å². The fourth-order valence-corrected chi connectivity index (χ4v) is 4.31. The number of rotatable bonds is 6. The molecule has 1 heterocycles. The second-order valence-corrected chi connectivity index (χ2v) is 8.47. The number of hydrogen-bond donors (Lipinski definition) is 1. The summed E-state index contributed by atoms with van der Waals surface area (Å²) in [5, 5.41) is 8.94. The minimum Gasteiger partial charge on any atom is -0.494 e. The summed E-state index contributed by atoms with van der Waals surface area (Å²) in [4.78, 5) is 0. The van der Waals surface area contributed by atoms with E-state index in [4.69, 9.17) is 10.1 Å². The van der Waals surface area contributed by atoms with E-state index in [1.807, 2.05) is 70.7 Å². The zero-order valence-corrected chi connectivity index (χ0v) is 20.4. The number of nitrogens with one attached hydrogen (secondary N) is 1. The lowest BCUT2D eigenvalue weighted by atomic mass is 10.2. The zero-order chi connectivity index (χ0) is 20.4. The first kappa shape index (κ1) is 22.7. The molecule has 0 aliphatic rings. The summed E-state index contributed by atoms with van der Waals surface area (Å²) in [7, 11) is 0. The van der Waals surface area contributed by atoms with Crippen molar-refractivity contribution in [3.05, 3.63) is 92.4 Å². The molecule has 1 N–H and O–H groups in total. The van der Waals surface area contributed by atoms with Crippen molar-refractivity contribution in [3.8, 4) is 5.75 Å². The first-order valence-electron chi connectivity index (χ1n) is 9.45. The molecule has 0 fully saturated rings. The molecule has 4 nitrogen and oxygen atoms in total. The third kappa shape index (κ3) is 4.51. The molecule has 4 aromatic rings. The number of ether oxygens (including phenoxy) is 1. The van der Waals surface area contributed by atoms with Crippen molar-refractivity contribution in [3.63, 3.8) is 0 Å². The molecule has 0 aliphatic carbocycles. The largest absolute Gasteiger partial charge is 0.494 e. The van der Waals surface area contributed by atoms with Crippen molar-refractivity contribution in [2.24, 2.45) is 0 Å². The van der Waals surface area contributed by atoms with E-state index in [9.17, 15) is 0 Å². The van der Waals surface area contributed by atoms with Gasteiger partial charge in [-0.1, -0.05) is 68.3 Å². The lowest BCUT2D eigenvalue weighted by Gasteiger charge is -2.08. The fourth-order valence-electron chi connectivity index (χ4n) is 3.49. The minimum atomic E-state index is 0. The van der Waals surface area contributed by atoms with E-state index in [1.165, 1.54) is 0 Å². The summed E-state index contributed by atoms with van der Waals surface area (Å²) in [5.41, 5.74) is 4.73. The quantitative estimate of drug-likeness (QED) is 0.298. The molecule has 3 aromatic carbocycles. The molecule has 4 rings (SSSR count). The smallest absolute Gasteiger partial charge is 0.203 e. The Balaban J connectivity index is 0.00000256. The van der Waals surface area contributed by atoms with E-state index in [-0.39, 0.29) is 12.4 Å². The zero-order valence-electron chi connectivity index (χ0n) is 16.4. The molecular weight excluding hydrogens is 530 g/mol. The summed E-state index contributed by atoms with van der Waals surface area (Å²) in [6.07, 6.45) is 0. The van der Waals surface area contributed by atoms with Crippen molar-refractivity contribution >= 4 is 55.3 Å². The van der Waals surface area contributed by atoms with Gasteiger partial charge in [-0.15, -0.1) is 12.4 Å². The van der Waals surface area contributed by atoms with Gasteiger partial charge in [0.25, 0.3) is 0 Å². The minimum absolute atomic E-state index is 0. The van der Waals surface area contributed by atoms with Gasteiger partial charge < -0.3 is 13.9 Å². The predicted octanol–water partition coefficient (Wildman–Crippen LogP) is 6.36. The van der Waals surface area contributed by atoms with Gasteiger partial charge in [0.15, 0.2) is 0 Å². The van der Waals surface area contributed by atoms with E-state index in [2.05, 4.69) is 44.0 Å². The highest BCUT2D eigenvalue weighted by molar-refractivity contribution is 9.10. The maximum Gasteiger partial charge on any atom is 0.203 e. The fraction of sp³-hybridized carbons (Fsp3) is 0.174. The average molecular weight is 552 g/mol. The van der Waals surface area contributed by atoms with Gasteiger partial charge in [0.05, 0.1) is 30.7 Å². The van der Waals surface area contributed by atoms with Gasteiger partial charge >= 0.3 is 0 Å². The molecule has 0 amide bonds. The molecule has 0 unspecified atom stereocenters. The molecule has 0 radical (unpaired) electrons. The van der Waals surface area contributed by atoms with Crippen LogP contribution >= 0.6 is 44.3 Å². The first-order valence-corrected chi connectivity index (χ1v) is 11.0. The summed E-state index contributed by atoms with van der Waals surface area (Å²) < 4.78 is 11.9. The van der Waals surface area contributed by atoms with Crippen LogP contribution in [0, 0.1) is 5.41 Å². The third-order valence-electron chi connectivity index (χ3n) is 4.92. The van der Waals surface area contributed by atoms with E-state index < -0.39 is 0 Å². The molecule has 0 saturated heterocycles. The highest BCUT2D eigenvalue weighted by Crippen LogP contribution is 2.25. The van der Waals surface area contributed by atoms with Crippen molar-refractivity contribution in [2.45, 2.75) is 20.0 Å². The Labute approximate surface area is 198 Å². The Morgan fingerprint density at radius 1 is 0.800 bits per heavy atom. The molecule has 7 heteroatoms. The van der Waals surface area contributed by atoms with E-state index in [1.54, 1.807) is 0 Å². The Hall–Kier alpha value is -2.02. The molecule has 0 spiro atoms. The van der Waals surface area contributed by atoms with Crippen molar-refractivity contribution < 1.29 is 4.74 Å². The number of fused-ring (bicyclic) bond motifs is 1. The summed E-state index contributed by atoms with van der Waals surface area (Å²) in [5.74, 6) is 0.818. The van der Waals surface area contributed by atoms with Crippen LogP contribution < -0.4 is 10.4 Å². The molecule has 0 aliphatic heterocycles. The number of nitrogens with zero attached hydrogens (tertiary/aromatic N) is 2. The van der Waals surface area contributed by atoms with Crippen molar-refractivity contribution in [1.82, 2.24) is 9.13 Å². The van der Waals surface area contributed by atoms with Crippen LogP contribution in [0.25, 0.3) is 11.0 Å². The standard InChI is InChI=1S/C23H21Br2N3O.ClH/c1-2-29-18-11-12-21-22(13-18)28(15-17-8-4-6-10-20(17)25)23(26)27(21)14-16-7-3-5-9-19(16)24;/h3-13,26H,2,14-15H2,1H3;1H. The summed E-state index contributed by atoms with van der Waals surface area (Å²) >= 11 is 7.28. The molecule has 30 heavy (non-hydrogen) atoms. The Bertz CT molecular complexity index is 1230. The van der Waals surface area contributed by atoms with Gasteiger partial charge in [-0.2, -0.15) is 0 Å². The normalized spacial score (nSPS) is 10.8. The van der Waals surface area contributed by atoms with Crippen LogP contribution in [0.1, 0.15) is 18.1 Å². The average Bonchev–Trinajstić information content (AvgIpc) is 2.97. The molecule has 0 bridgehead atoms. The number of aromatic nitrogens is 2. The highest BCUT2D eigenvalue weighted by atomic mass is 79.9. The topological polar surface area (TPSA) is 42.9 Å². The second-order valence-electron chi connectivity index (χ2n) is 6.76. The van der Waals surface area contributed by atoms with Crippen LogP contribution in [0.4, 0.5) is 0 Å². The van der Waals surface area contributed by atoms with Crippen LogP contribution in [0.3, 0.4) is 0 Å². The van der Waals surface area contributed by atoms with Gasteiger partial charge in [0, 0.05) is 15.0 Å². The van der Waals surface area contributed by atoms with Crippen LogP contribution in [0.2, 0.25) is 0 Å². The Kier molecular flexibility index (Phi) is 7.45. The molecule has 0 saturated carbocycles. The number of halogens is 3.